The quantitative estimate of drug-likeness (QED) is 0.902. The molecule has 2 atom stereocenters. The summed E-state index contributed by atoms with van der Waals surface area (Å²) in [5.74, 6) is 1.39. The maximum atomic E-state index is 12.1. The molecule has 0 aliphatic carbocycles. The van der Waals surface area contributed by atoms with E-state index in [0.717, 1.165) is 12.8 Å². The van der Waals surface area contributed by atoms with Gasteiger partial charge in [0.1, 0.15) is 0 Å². The summed E-state index contributed by atoms with van der Waals surface area (Å²) in [6, 6.07) is 5.17. The summed E-state index contributed by atoms with van der Waals surface area (Å²) in [5.41, 5.74) is 0.578. The minimum atomic E-state index is -3.22. The van der Waals surface area contributed by atoms with Crippen LogP contribution in [0.4, 0.5) is 0 Å². The van der Waals surface area contributed by atoms with Crippen LogP contribution in [-0.4, -0.2) is 37.7 Å². The molecule has 1 aromatic carbocycles. The Morgan fingerprint density at radius 3 is 2.62 bits per heavy atom. The van der Waals surface area contributed by atoms with E-state index in [2.05, 4.69) is 0 Å². The third-order valence-corrected chi connectivity index (χ3v) is 6.37. The van der Waals surface area contributed by atoms with Crippen molar-refractivity contribution in [1.82, 2.24) is 0 Å². The average Bonchev–Trinajstić information content (AvgIpc) is 2.70. The van der Waals surface area contributed by atoms with Crippen LogP contribution in [0.25, 0.3) is 0 Å². The lowest BCUT2D eigenvalue weighted by molar-refractivity contribution is 0.164. The summed E-state index contributed by atoms with van der Waals surface area (Å²) in [5, 5.41) is 9.77. The second-order valence-electron chi connectivity index (χ2n) is 5.60. The van der Waals surface area contributed by atoms with Crippen molar-refractivity contribution < 1.29 is 23.0 Å². The Labute approximate surface area is 124 Å². The van der Waals surface area contributed by atoms with E-state index in [0.29, 0.717) is 43.1 Å². The Morgan fingerprint density at radius 1 is 1.10 bits per heavy atom. The van der Waals surface area contributed by atoms with Gasteiger partial charge < -0.3 is 14.6 Å². The molecule has 2 aliphatic heterocycles. The molecule has 0 bridgehead atoms. The maximum absolute atomic E-state index is 12.1. The molecule has 2 unspecified atom stereocenters. The van der Waals surface area contributed by atoms with Crippen molar-refractivity contribution in [1.29, 1.82) is 0 Å². The molecule has 116 valence electrons. The molecule has 21 heavy (non-hydrogen) atoms. The zero-order chi connectivity index (χ0) is 14.9. The Kier molecular flexibility index (Phi) is 4.08. The Bertz CT molecular complexity index is 610. The lowest BCUT2D eigenvalue weighted by atomic mass is 10.0. The first-order chi connectivity index (χ1) is 10.1. The molecular formula is C15H20O5S. The standard InChI is InChI=1S/C15H20O5S/c16-15(14-4-1-2-9-21(14,17)18)11-5-6-12-13(10-11)20-8-3-7-19-12/h5-6,10,14-16H,1-4,7-9H2. The van der Waals surface area contributed by atoms with Gasteiger partial charge in [-0.25, -0.2) is 8.42 Å². The van der Waals surface area contributed by atoms with E-state index in [4.69, 9.17) is 9.47 Å². The van der Waals surface area contributed by atoms with Gasteiger partial charge in [0.15, 0.2) is 21.3 Å². The van der Waals surface area contributed by atoms with Gasteiger partial charge in [0.25, 0.3) is 0 Å². The van der Waals surface area contributed by atoms with Crippen LogP contribution in [0.3, 0.4) is 0 Å². The minimum absolute atomic E-state index is 0.166. The van der Waals surface area contributed by atoms with Crippen molar-refractivity contribution in [3.8, 4) is 11.5 Å². The molecule has 1 aromatic rings. The van der Waals surface area contributed by atoms with Crippen molar-refractivity contribution in [2.24, 2.45) is 0 Å². The van der Waals surface area contributed by atoms with Gasteiger partial charge in [-0.2, -0.15) is 0 Å². The fourth-order valence-corrected chi connectivity index (χ4v) is 4.90. The van der Waals surface area contributed by atoms with Crippen molar-refractivity contribution in [3.05, 3.63) is 23.8 Å². The van der Waals surface area contributed by atoms with Gasteiger partial charge in [-0.1, -0.05) is 12.5 Å². The summed E-state index contributed by atoms with van der Waals surface area (Å²) in [6.07, 6.45) is 1.84. The molecule has 0 radical (unpaired) electrons. The molecule has 1 fully saturated rings. The third kappa shape index (κ3) is 3.01. The summed E-state index contributed by atoms with van der Waals surface area (Å²) in [4.78, 5) is 0. The number of aliphatic hydroxyl groups excluding tert-OH is 1. The summed E-state index contributed by atoms with van der Waals surface area (Å²) in [7, 11) is -3.22. The van der Waals surface area contributed by atoms with Gasteiger partial charge in [-0.3, -0.25) is 0 Å². The predicted molar refractivity (Wildman–Crippen MR) is 78.4 cm³/mol. The number of sulfone groups is 1. The predicted octanol–water partition coefficient (Wildman–Crippen LogP) is 1.85. The van der Waals surface area contributed by atoms with Gasteiger partial charge in [-0.05, 0) is 30.5 Å². The lowest BCUT2D eigenvalue weighted by Crippen LogP contribution is -2.33. The van der Waals surface area contributed by atoms with Crippen LogP contribution >= 0.6 is 0 Å². The molecule has 0 amide bonds. The van der Waals surface area contributed by atoms with Gasteiger partial charge in [-0.15, -0.1) is 0 Å². The van der Waals surface area contributed by atoms with E-state index >= 15 is 0 Å². The van der Waals surface area contributed by atoms with Crippen LogP contribution in [0.2, 0.25) is 0 Å². The van der Waals surface area contributed by atoms with Gasteiger partial charge in [0.05, 0.1) is 30.3 Å². The number of ether oxygens (including phenoxy) is 2. The third-order valence-electron chi connectivity index (χ3n) is 4.09. The number of rotatable bonds is 2. The molecule has 6 heteroatoms. The number of fused-ring (bicyclic) bond motifs is 1. The molecule has 3 rings (SSSR count). The highest BCUT2D eigenvalue weighted by molar-refractivity contribution is 7.92. The first kappa shape index (κ1) is 14.7. The molecule has 5 nitrogen and oxygen atoms in total. The van der Waals surface area contributed by atoms with E-state index in [1.807, 2.05) is 0 Å². The zero-order valence-corrected chi connectivity index (χ0v) is 12.6. The smallest absolute Gasteiger partial charge is 0.161 e. The van der Waals surface area contributed by atoms with Crippen LogP contribution in [0.5, 0.6) is 11.5 Å². The number of aliphatic hydroxyl groups is 1. The van der Waals surface area contributed by atoms with Crippen molar-refractivity contribution in [2.75, 3.05) is 19.0 Å². The highest BCUT2D eigenvalue weighted by atomic mass is 32.2. The van der Waals surface area contributed by atoms with Crippen LogP contribution < -0.4 is 9.47 Å². The highest BCUT2D eigenvalue weighted by Gasteiger charge is 2.35. The van der Waals surface area contributed by atoms with Crippen LogP contribution in [-0.2, 0) is 9.84 Å². The van der Waals surface area contributed by atoms with E-state index in [1.165, 1.54) is 0 Å². The van der Waals surface area contributed by atoms with Crippen LogP contribution in [0, 0.1) is 0 Å². The van der Waals surface area contributed by atoms with E-state index in [-0.39, 0.29) is 5.75 Å². The van der Waals surface area contributed by atoms with Gasteiger partial charge in [0.2, 0.25) is 0 Å². The van der Waals surface area contributed by atoms with E-state index in [9.17, 15) is 13.5 Å². The summed E-state index contributed by atoms with van der Waals surface area (Å²) in [6.45, 7) is 1.17. The van der Waals surface area contributed by atoms with Gasteiger partial charge in [0, 0.05) is 6.42 Å². The zero-order valence-electron chi connectivity index (χ0n) is 11.8. The van der Waals surface area contributed by atoms with Crippen LogP contribution in [0.15, 0.2) is 18.2 Å². The summed E-state index contributed by atoms with van der Waals surface area (Å²) >= 11 is 0. The Hall–Kier alpha value is -1.27. The van der Waals surface area contributed by atoms with E-state index < -0.39 is 21.2 Å². The molecule has 0 aromatic heterocycles. The number of hydrogen-bond acceptors (Lipinski definition) is 5. The molecule has 0 saturated carbocycles. The Morgan fingerprint density at radius 2 is 1.86 bits per heavy atom. The molecule has 1 N–H and O–H groups in total. The number of benzene rings is 1. The van der Waals surface area contributed by atoms with Crippen molar-refractivity contribution >= 4 is 9.84 Å². The monoisotopic (exact) mass is 312 g/mol. The molecule has 2 aliphatic rings. The lowest BCUT2D eigenvalue weighted by Gasteiger charge is -2.27. The SMILES string of the molecule is O=S1(=O)CCCCC1C(O)c1ccc2c(c1)OCCCO2. The fourth-order valence-electron chi connectivity index (χ4n) is 2.91. The maximum Gasteiger partial charge on any atom is 0.161 e. The van der Waals surface area contributed by atoms with Crippen molar-refractivity contribution in [3.63, 3.8) is 0 Å². The topological polar surface area (TPSA) is 72.8 Å². The van der Waals surface area contributed by atoms with Gasteiger partial charge >= 0.3 is 0 Å². The van der Waals surface area contributed by atoms with E-state index in [1.54, 1.807) is 18.2 Å². The molecular weight excluding hydrogens is 292 g/mol. The highest BCUT2D eigenvalue weighted by Crippen LogP contribution is 2.36. The number of hydrogen-bond donors (Lipinski definition) is 1. The molecule has 1 saturated heterocycles. The molecule has 0 spiro atoms. The first-order valence-corrected chi connectivity index (χ1v) is 9.09. The first-order valence-electron chi connectivity index (χ1n) is 7.37. The molecule has 2 heterocycles. The summed E-state index contributed by atoms with van der Waals surface area (Å²) < 4.78 is 35.4. The average molecular weight is 312 g/mol. The second-order valence-corrected chi connectivity index (χ2v) is 7.94. The largest absolute Gasteiger partial charge is 0.490 e. The van der Waals surface area contributed by atoms with Crippen LogP contribution in [0.1, 0.15) is 37.4 Å². The second kappa shape index (κ2) is 5.85. The van der Waals surface area contributed by atoms with Crippen molar-refractivity contribution in [2.45, 2.75) is 37.0 Å². The normalized spacial score (nSPS) is 25.9. The fraction of sp³-hybridized carbons (Fsp3) is 0.600. The Balaban J connectivity index is 1.87. The minimum Gasteiger partial charge on any atom is -0.490 e.